The lowest BCUT2D eigenvalue weighted by Gasteiger charge is -2.29. The highest BCUT2D eigenvalue weighted by molar-refractivity contribution is 5.59. The van der Waals surface area contributed by atoms with E-state index in [0.717, 1.165) is 29.9 Å². The van der Waals surface area contributed by atoms with Gasteiger partial charge in [-0.15, -0.1) is 0 Å². The molecule has 0 bridgehead atoms. The van der Waals surface area contributed by atoms with Crippen LogP contribution in [0.1, 0.15) is 31.2 Å². The lowest BCUT2D eigenvalue weighted by molar-refractivity contribution is 0.0529. The third-order valence-corrected chi connectivity index (χ3v) is 3.95. The van der Waals surface area contributed by atoms with Crippen LogP contribution in [0.2, 0.25) is 0 Å². The summed E-state index contributed by atoms with van der Waals surface area (Å²) in [6, 6.07) is 10.2. The van der Waals surface area contributed by atoms with E-state index < -0.39 is 6.10 Å². The predicted molar refractivity (Wildman–Crippen MR) is 70.9 cm³/mol. The van der Waals surface area contributed by atoms with Crippen LogP contribution in [0.25, 0.3) is 11.3 Å². The Labute approximate surface area is 107 Å². The average Bonchev–Trinajstić information content (AvgIpc) is 2.70. The second-order valence-electron chi connectivity index (χ2n) is 5.06. The Bertz CT molecular complexity index is 529. The summed E-state index contributed by atoms with van der Waals surface area (Å²) in [5.74, 6) is 1.19. The largest absolute Gasteiger partial charge is 0.385 e. The second kappa shape index (κ2) is 4.58. The summed E-state index contributed by atoms with van der Waals surface area (Å²) < 4.78 is 2.01. The molecule has 0 aliphatic heterocycles. The normalized spacial score (nSPS) is 17.4. The highest BCUT2D eigenvalue weighted by atomic mass is 16.3. The van der Waals surface area contributed by atoms with Crippen LogP contribution in [-0.2, 0) is 7.05 Å². The first-order valence-electron chi connectivity index (χ1n) is 6.52. The monoisotopic (exact) mass is 242 g/mol. The van der Waals surface area contributed by atoms with Gasteiger partial charge in [-0.25, -0.2) is 4.98 Å². The molecule has 1 aliphatic carbocycles. The maximum Gasteiger partial charge on any atom is 0.138 e. The molecule has 3 rings (SSSR count). The molecule has 0 amide bonds. The zero-order valence-corrected chi connectivity index (χ0v) is 10.6. The number of nitrogens with zero attached hydrogens (tertiary/aromatic N) is 2. The fourth-order valence-electron chi connectivity index (χ4n) is 2.54. The second-order valence-corrected chi connectivity index (χ2v) is 5.06. The van der Waals surface area contributed by atoms with Crippen molar-refractivity contribution in [2.45, 2.75) is 25.4 Å². The maximum absolute atomic E-state index is 10.3. The van der Waals surface area contributed by atoms with Gasteiger partial charge in [-0.2, -0.15) is 0 Å². The highest BCUT2D eigenvalue weighted by Gasteiger charge is 2.29. The van der Waals surface area contributed by atoms with E-state index in [2.05, 4.69) is 17.1 Å². The molecule has 1 saturated carbocycles. The molecular weight excluding hydrogens is 224 g/mol. The van der Waals surface area contributed by atoms with Gasteiger partial charge in [-0.05, 0) is 24.3 Å². The standard InChI is InChI=1S/C15H18N2O/c1-17-13(11-6-3-2-4-7-11)10-16-15(17)14(18)12-8-5-9-12/h2-4,6-7,10,12,14,18H,5,8-9H2,1H3. The van der Waals surface area contributed by atoms with Crippen LogP contribution >= 0.6 is 0 Å². The lowest BCUT2D eigenvalue weighted by atomic mass is 9.81. The van der Waals surface area contributed by atoms with Crippen LogP contribution in [0.5, 0.6) is 0 Å². The van der Waals surface area contributed by atoms with Crippen molar-refractivity contribution in [1.82, 2.24) is 9.55 Å². The first-order chi connectivity index (χ1) is 8.77. The van der Waals surface area contributed by atoms with Gasteiger partial charge in [0.05, 0.1) is 11.9 Å². The van der Waals surface area contributed by atoms with Crippen molar-refractivity contribution in [1.29, 1.82) is 0 Å². The number of hydrogen-bond donors (Lipinski definition) is 1. The average molecular weight is 242 g/mol. The summed E-state index contributed by atoms with van der Waals surface area (Å²) in [7, 11) is 1.98. The predicted octanol–water partition coefficient (Wildman–Crippen LogP) is 2.92. The van der Waals surface area contributed by atoms with E-state index in [1.807, 2.05) is 36.0 Å². The summed E-state index contributed by atoms with van der Waals surface area (Å²) >= 11 is 0. The van der Waals surface area contributed by atoms with E-state index >= 15 is 0 Å². The van der Waals surface area contributed by atoms with E-state index in [1.54, 1.807) is 0 Å². The van der Waals surface area contributed by atoms with Crippen LogP contribution in [0, 0.1) is 5.92 Å². The van der Waals surface area contributed by atoms with Gasteiger partial charge in [-0.1, -0.05) is 36.8 Å². The molecule has 1 aliphatic rings. The summed E-state index contributed by atoms with van der Waals surface area (Å²) in [5.41, 5.74) is 2.20. The van der Waals surface area contributed by atoms with Crippen molar-refractivity contribution in [2.24, 2.45) is 13.0 Å². The van der Waals surface area contributed by atoms with E-state index in [1.165, 1.54) is 6.42 Å². The van der Waals surface area contributed by atoms with Crippen molar-refractivity contribution in [3.05, 3.63) is 42.4 Å². The molecular formula is C15H18N2O. The molecule has 1 N–H and O–H groups in total. The van der Waals surface area contributed by atoms with E-state index in [4.69, 9.17) is 0 Å². The minimum absolute atomic E-state index is 0.398. The van der Waals surface area contributed by atoms with E-state index in [0.29, 0.717) is 5.92 Å². The van der Waals surface area contributed by atoms with Crippen molar-refractivity contribution in [3.63, 3.8) is 0 Å². The number of aliphatic hydroxyl groups excluding tert-OH is 1. The first kappa shape index (κ1) is 11.5. The Balaban J connectivity index is 1.92. The molecule has 1 fully saturated rings. The molecule has 2 aromatic rings. The quantitative estimate of drug-likeness (QED) is 0.898. The number of aromatic nitrogens is 2. The van der Waals surface area contributed by atoms with Crippen LogP contribution in [0.4, 0.5) is 0 Å². The summed E-state index contributed by atoms with van der Waals surface area (Å²) in [6.07, 6.45) is 4.91. The lowest BCUT2D eigenvalue weighted by Crippen LogP contribution is -2.22. The summed E-state index contributed by atoms with van der Waals surface area (Å²) in [5, 5.41) is 10.3. The van der Waals surface area contributed by atoms with Gasteiger partial charge in [0.25, 0.3) is 0 Å². The van der Waals surface area contributed by atoms with Crippen LogP contribution < -0.4 is 0 Å². The Morgan fingerprint density at radius 3 is 2.61 bits per heavy atom. The Hall–Kier alpha value is -1.61. The van der Waals surface area contributed by atoms with Gasteiger partial charge in [0, 0.05) is 7.05 Å². The Kier molecular flexibility index (Phi) is 2.92. The summed E-state index contributed by atoms with van der Waals surface area (Å²) in [4.78, 5) is 4.41. The smallest absolute Gasteiger partial charge is 0.138 e. The van der Waals surface area contributed by atoms with Crippen molar-refractivity contribution >= 4 is 0 Å². The molecule has 18 heavy (non-hydrogen) atoms. The maximum atomic E-state index is 10.3. The first-order valence-corrected chi connectivity index (χ1v) is 6.52. The molecule has 94 valence electrons. The number of hydrogen-bond acceptors (Lipinski definition) is 2. The van der Waals surface area contributed by atoms with Gasteiger partial charge in [0.1, 0.15) is 11.9 Å². The number of rotatable bonds is 3. The molecule has 0 radical (unpaired) electrons. The van der Waals surface area contributed by atoms with Gasteiger partial charge in [-0.3, -0.25) is 0 Å². The number of benzene rings is 1. The molecule has 0 saturated heterocycles. The van der Waals surface area contributed by atoms with Gasteiger partial charge in [0.15, 0.2) is 0 Å². The highest BCUT2D eigenvalue weighted by Crippen LogP contribution is 2.37. The molecule has 3 heteroatoms. The molecule has 3 nitrogen and oxygen atoms in total. The Morgan fingerprint density at radius 1 is 1.28 bits per heavy atom. The molecule has 1 aromatic heterocycles. The molecule has 1 unspecified atom stereocenters. The van der Waals surface area contributed by atoms with Gasteiger partial charge >= 0.3 is 0 Å². The van der Waals surface area contributed by atoms with E-state index in [9.17, 15) is 5.11 Å². The van der Waals surface area contributed by atoms with E-state index in [-0.39, 0.29) is 0 Å². The van der Waals surface area contributed by atoms with Crippen molar-refractivity contribution < 1.29 is 5.11 Å². The van der Waals surface area contributed by atoms with Crippen LogP contribution in [0.15, 0.2) is 36.5 Å². The fourth-order valence-corrected chi connectivity index (χ4v) is 2.54. The van der Waals surface area contributed by atoms with Gasteiger partial charge in [0.2, 0.25) is 0 Å². The molecule has 1 heterocycles. The minimum atomic E-state index is -0.416. The third kappa shape index (κ3) is 1.85. The zero-order chi connectivity index (χ0) is 12.5. The minimum Gasteiger partial charge on any atom is -0.385 e. The topological polar surface area (TPSA) is 38.0 Å². The SMILES string of the molecule is Cn1c(-c2ccccc2)cnc1C(O)C1CCC1. The molecule has 1 aromatic carbocycles. The van der Waals surface area contributed by atoms with Crippen molar-refractivity contribution in [2.75, 3.05) is 0 Å². The third-order valence-electron chi connectivity index (χ3n) is 3.95. The number of aliphatic hydroxyl groups is 1. The fraction of sp³-hybridized carbons (Fsp3) is 0.400. The van der Waals surface area contributed by atoms with Crippen molar-refractivity contribution in [3.8, 4) is 11.3 Å². The van der Waals surface area contributed by atoms with Crippen LogP contribution in [-0.4, -0.2) is 14.7 Å². The molecule has 1 atom stereocenters. The summed E-state index contributed by atoms with van der Waals surface area (Å²) in [6.45, 7) is 0. The molecule has 0 spiro atoms. The van der Waals surface area contributed by atoms with Gasteiger partial charge < -0.3 is 9.67 Å². The van der Waals surface area contributed by atoms with Crippen LogP contribution in [0.3, 0.4) is 0 Å². The Morgan fingerprint density at radius 2 is 2.00 bits per heavy atom. The zero-order valence-electron chi connectivity index (χ0n) is 10.6. The number of imidazole rings is 1.